The third-order valence-electron chi connectivity index (χ3n) is 4.12. The third kappa shape index (κ3) is 4.50. The molecule has 1 fully saturated rings. The first-order valence-corrected chi connectivity index (χ1v) is 9.07. The van der Waals surface area contributed by atoms with Crippen molar-refractivity contribution in [3.05, 3.63) is 44.8 Å². The Kier molecular flexibility index (Phi) is 5.54. The van der Waals surface area contributed by atoms with E-state index >= 15 is 0 Å². The Labute approximate surface area is 148 Å². The average molecular weight is 361 g/mol. The molecule has 0 atom stereocenters. The molecule has 132 valence electrons. The van der Waals surface area contributed by atoms with Gasteiger partial charge in [-0.05, 0) is 12.5 Å². The molecule has 0 spiro atoms. The first-order valence-electron chi connectivity index (χ1n) is 8.13. The van der Waals surface area contributed by atoms with E-state index in [0.29, 0.717) is 50.4 Å². The van der Waals surface area contributed by atoms with Crippen LogP contribution in [0.5, 0.6) is 0 Å². The molecule has 1 aliphatic heterocycles. The van der Waals surface area contributed by atoms with Gasteiger partial charge in [-0.1, -0.05) is 0 Å². The predicted octanol–water partition coefficient (Wildman–Crippen LogP) is 0.534. The average Bonchev–Trinajstić information content (AvgIpc) is 3.05. The highest BCUT2D eigenvalue weighted by molar-refractivity contribution is 7.07. The molecule has 0 radical (unpaired) electrons. The van der Waals surface area contributed by atoms with Gasteiger partial charge >= 0.3 is 0 Å². The van der Waals surface area contributed by atoms with Crippen LogP contribution in [0.4, 0.5) is 0 Å². The molecule has 1 saturated heterocycles. The Hall–Kier alpha value is -2.55. The fourth-order valence-electron chi connectivity index (χ4n) is 2.76. The minimum atomic E-state index is -0.257. The first kappa shape index (κ1) is 17.3. The highest BCUT2D eigenvalue weighted by Gasteiger charge is 2.23. The van der Waals surface area contributed by atoms with Crippen molar-refractivity contribution in [1.29, 1.82) is 0 Å². The molecule has 1 N–H and O–H groups in total. The number of hydrogen-bond acceptors (Lipinski definition) is 6. The third-order valence-corrected chi connectivity index (χ3v) is 4.71. The highest BCUT2D eigenvalue weighted by Crippen LogP contribution is 2.11. The number of carbonyl (C=O) groups excluding carboxylic acids is 2. The number of thiazole rings is 1. The summed E-state index contributed by atoms with van der Waals surface area (Å²) in [6.07, 6.45) is 1.56. The molecule has 0 saturated carbocycles. The van der Waals surface area contributed by atoms with Crippen LogP contribution < -0.4 is 5.56 Å². The van der Waals surface area contributed by atoms with Crippen molar-refractivity contribution in [1.82, 2.24) is 25.0 Å². The molecule has 1 aliphatic rings. The number of aromatic nitrogens is 3. The van der Waals surface area contributed by atoms with Gasteiger partial charge in [-0.3, -0.25) is 14.4 Å². The zero-order chi connectivity index (χ0) is 17.6. The fourth-order valence-corrected chi connectivity index (χ4v) is 3.28. The number of hydrogen-bond donors (Lipinski definition) is 1. The summed E-state index contributed by atoms with van der Waals surface area (Å²) >= 11 is 1.40. The summed E-state index contributed by atoms with van der Waals surface area (Å²) in [5.41, 5.74) is 2.54. The van der Waals surface area contributed by atoms with Crippen LogP contribution in [0.25, 0.3) is 0 Å². The molecule has 3 heterocycles. The molecule has 2 amide bonds. The maximum atomic E-state index is 12.4. The van der Waals surface area contributed by atoms with E-state index in [1.807, 2.05) is 0 Å². The molecular weight excluding hydrogens is 342 g/mol. The highest BCUT2D eigenvalue weighted by atomic mass is 32.1. The summed E-state index contributed by atoms with van der Waals surface area (Å²) in [4.78, 5) is 43.4. The largest absolute Gasteiger partial charge is 0.341 e. The van der Waals surface area contributed by atoms with Crippen LogP contribution in [0.1, 0.15) is 29.0 Å². The molecule has 3 rings (SSSR count). The van der Waals surface area contributed by atoms with Crippen molar-refractivity contribution in [2.24, 2.45) is 0 Å². The molecule has 0 bridgehead atoms. The standard InChI is InChI=1S/C16H19N5O3S/c22-14-4-2-12(18-19-14)3-5-15(23)20-6-1-7-21(9-8-20)16(24)13-10-25-11-17-13/h2,4,10-11H,1,3,5-9H2,(H,19,22). The second-order valence-corrected chi connectivity index (χ2v) is 6.53. The number of aryl methyl sites for hydroxylation is 1. The second kappa shape index (κ2) is 8.02. The van der Waals surface area contributed by atoms with Crippen molar-refractivity contribution in [2.75, 3.05) is 26.2 Å². The summed E-state index contributed by atoms with van der Waals surface area (Å²) in [5.74, 6) is -0.0380. The molecular formula is C16H19N5O3S. The van der Waals surface area contributed by atoms with Gasteiger partial charge in [0, 0.05) is 50.5 Å². The van der Waals surface area contributed by atoms with Gasteiger partial charge in [0.2, 0.25) is 5.91 Å². The van der Waals surface area contributed by atoms with Crippen molar-refractivity contribution in [2.45, 2.75) is 19.3 Å². The van der Waals surface area contributed by atoms with Crippen LogP contribution in [-0.4, -0.2) is 63.0 Å². The Morgan fingerprint density at radius 1 is 1.16 bits per heavy atom. The lowest BCUT2D eigenvalue weighted by atomic mass is 10.2. The molecule has 0 aromatic carbocycles. The van der Waals surface area contributed by atoms with Crippen LogP contribution in [0.15, 0.2) is 27.8 Å². The number of aromatic amines is 1. The first-order chi connectivity index (χ1) is 12.1. The van der Waals surface area contributed by atoms with Crippen LogP contribution in [0.3, 0.4) is 0 Å². The van der Waals surface area contributed by atoms with E-state index < -0.39 is 0 Å². The van der Waals surface area contributed by atoms with Crippen molar-refractivity contribution in [3.63, 3.8) is 0 Å². The van der Waals surface area contributed by atoms with Crippen LogP contribution in [0.2, 0.25) is 0 Å². The van der Waals surface area contributed by atoms with Crippen LogP contribution in [-0.2, 0) is 11.2 Å². The van der Waals surface area contributed by atoms with Gasteiger partial charge in [0.15, 0.2) is 0 Å². The molecule has 0 aliphatic carbocycles. The van der Waals surface area contributed by atoms with Gasteiger partial charge in [-0.2, -0.15) is 5.10 Å². The molecule has 8 nitrogen and oxygen atoms in total. The summed E-state index contributed by atoms with van der Waals surface area (Å²) in [6.45, 7) is 2.30. The van der Waals surface area contributed by atoms with E-state index in [1.54, 1.807) is 26.8 Å². The maximum absolute atomic E-state index is 12.4. The zero-order valence-electron chi connectivity index (χ0n) is 13.7. The Morgan fingerprint density at radius 3 is 2.68 bits per heavy atom. The van der Waals surface area contributed by atoms with Gasteiger partial charge in [-0.15, -0.1) is 11.3 Å². The Morgan fingerprint density at radius 2 is 1.96 bits per heavy atom. The SMILES string of the molecule is O=C(CCc1ccc(=O)[nH]n1)N1CCCN(C(=O)c2cscn2)CC1. The lowest BCUT2D eigenvalue weighted by Crippen LogP contribution is -2.37. The van der Waals surface area contributed by atoms with Gasteiger partial charge in [0.1, 0.15) is 5.69 Å². The summed E-state index contributed by atoms with van der Waals surface area (Å²) in [5, 5.41) is 8.02. The van der Waals surface area contributed by atoms with E-state index in [0.717, 1.165) is 6.42 Å². The van der Waals surface area contributed by atoms with Gasteiger partial charge in [0.05, 0.1) is 11.2 Å². The lowest BCUT2D eigenvalue weighted by Gasteiger charge is -2.21. The van der Waals surface area contributed by atoms with Crippen molar-refractivity contribution < 1.29 is 9.59 Å². The zero-order valence-corrected chi connectivity index (χ0v) is 14.5. The number of rotatable bonds is 4. The van der Waals surface area contributed by atoms with E-state index in [-0.39, 0.29) is 17.4 Å². The molecule has 2 aromatic rings. The number of carbonyl (C=O) groups is 2. The van der Waals surface area contributed by atoms with Gasteiger partial charge in [0.25, 0.3) is 11.5 Å². The molecule has 9 heteroatoms. The number of nitrogens with zero attached hydrogens (tertiary/aromatic N) is 4. The summed E-state index contributed by atoms with van der Waals surface area (Å²) in [6, 6.07) is 3.03. The van der Waals surface area contributed by atoms with Gasteiger partial charge in [-0.25, -0.2) is 10.1 Å². The predicted molar refractivity (Wildman–Crippen MR) is 92.4 cm³/mol. The number of H-pyrrole nitrogens is 1. The number of nitrogens with one attached hydrogen (secondary N) is 1. The van der Waals surface area contributed by atoms with E-state index in [4.69, 9.17) is 0 Å². The summed E-state index contributed by atoms with van der Waals surface area (Å²) < 4.78 is 0. The fraction of sp³-hybridized carbons (Fsp3) is 0.438. The smallest absolute Gasteiger partial charge is 0.273 e. The number of amides is 2. The lowest BCUT2D eigenvalue weighted by molar-refractivity contribution is -0.131. The minimum Gasteiger partial charge on any atom is -0.341 e. The van der Waals surface area contributed by atoms with E-state index in [1.165, 1.54) is 17.4 Å². The Balaban J connectivity index is 1.51. The minimum absolute atomic E-state index is 0.0379. The monoisotopic (exact) mass is 361 g/mol. The molecule has 0 unspecified atom stereocenters. The van der Waals surface area contributed by atoms with Gasteiger partial charge < -0.3 is 9.80 Å². The quantitative estimate of drug-likeness (QED) is 0.857. The van der Waals surface area contributed by atoms with E-state index in [9.17, 15) is 14.4 Å². The van der Waals surface area contributed by atoms with Crippen molar-refractivity contribution in [3.8, 4) is 0 Å². The normalized spacial score (nSPS) is 15.0. The van der Waals surface area contributed by atoms with E-state index in [2.05, 4.69) is 15.2 Å². The second-order valence-electron chi connectivity index (χ2n) is 5.81. The van der Waals surface area contributed by atoms with Crippen molar-refractivity contribution >= 4 is 23.2 Å². The van der Waals surface area contributed by atoms with Crippen LogP contribution >= 0.6 is 11.3 Å². The topological polar surface area (TPSA) is 99.3 Å². The molecule has 25 heavy (non-hydrogen) atoms. The Bertz CT molecular complexity index is 769. The summed E-state index contributed by atoms with van der Waals surface area (Å²) in [7, 11) is 0. The molecule has 2 aromatic heterocycles. The van der Waals surface area contributed by atoms with Crippen LogP contribution in [0, 0.1) is 0 Å². The maximum Gasteiger partial charge on any atom is 0.273 e.